The van der Waals surface area contributed by atoms with Crippen LogP contribution in [0.2, 0.25) is 0 Å². The highest BCUT2D eigenvalue weighted by molar-refractivity contribution is 6.05. The van der Waals surface area contributed by atoms with E-state index in [2.05, 4.69) is 146 Å². The SMILES string of the molecule is c1ccc(-c2ccc3ccc4ccc(-c5ccc(-c6ccc(-c7ccc8ccc9ccc(-c%10ccccc%10)nc9c8n7)cc6)cc5)nc4c3n2)cc1. The summed E-state index contributed by atoms with van der Waals surface area (Å²) in [7, 11) is 0. The molecule has 0 aliphatic heterocycles. The van der Waals surface area contributed by atoms with E-state index in [9.17, 15) is 0 Å². The Kier molecular flexibility index (Phi) is 7.10. The monoisotopic (exact) mass is 662 g/mol. The first-order chi connectivity index (χ1) is 25.7. The molecule has 0 fully saturated rings. The van der Waals surface area contributed by atoms with Crippen molar-refractivity contribution in [1.29, 1.82) is 0 Å². The van der Waals surface area contributed by atoms with Gasteiger partial charge in [-0.15, -0.1) is 0 Å². The van der Waals surface area contributed by atoms with Crippen molar-refractivity contribution in [1.82, 2.24) is 19.9 Å². The fourth-order valence-electron chi connectivity index (χ4n) is 7.06. The lowest BCUT2D eigenvalue weighted by molar-refractivity contribution is 1.36. The van der Waals surface area contributed by atoms with Gasteiger partial charge in [-0.1, -0.05) is 158 Å². The maximum Gasteiger partial charge on any atom is 0.0972 e. The van der Waals surface area contributed by atoms with Crippen LogP contribution < -0.4 is 0 Å². The van der Waals surface area contributed by atoms with Gasteiger partial charge in [-0.05, 0) is 35.4 Å². The van der Waals surface area contributed by atoms with Crippen LogP contribution in [0.1, 0.15) is 0 Å². The van der Waals surface area contributed by atoms with Crippen molar-refractivity contribution >= 4 is 43.6 Å². The summed E-state index contributed by atoms with van der Waals surface area (Å²) < 4.78 is 0. The van der Waals surface area contributed by atoms with E-state index in [1.165, 1.54) is 0 Å². The maximum absolute atomic E-state index is 5.14. The first-order valence-electron chi connectivity index (χ1n) is 17.5. The minimum absolute atomic E-state index is 0.912. The van der Waals surface area contributed by atoms with E-state index in [1.807, 2.05) is 36.4 Å². The molecule has 0 saturated heterocycles. The van der Waals surface area contributed by atoms with Crippen LogP contribution in [0.15, 0.2) is 182 Å². The van der Waals surface area contributed by atoms with Crippen LogP contribution in [0, 0.1) is 0 Å². The number of benzene rings is 6. The summed E-state index contributed by atoms with van der Waals surface area (Å²) in [5.74, 6) is 0. The van der Waals surface area contributed by atoms with Gasteiger partial charge in [-0.3, -0.25) is 0 Å². The molecular weight excluding hydrogens is 633 g/mol. The van der Waals surface area contributed by atoms with Crippen molar-refractivity contribution < 1.29 is 0 Å². The normalized spacial score (nSPS) is 11.5. The zero-order valence-corrected chi connectivity index (χ0v) is 28.1. The number of fused-ring (bicyclic) bond motifs is 6. The Morgan fingerprint density at radius 3 is 0.712 bits per heavy atom. The Hall–Kier alpha value is -7.04. The lowest BCUT2D eigenvalue weighted by atomic mass is 10.00. The molecule has 0 aliphatic rings. The van der Waals surface area contributed by atoms with Gasteiger partial charge in [0.1, 0.15) is 0 Å². The predicted molar refractivity (Wildman–Crippen MR) is 215 cm³/mol. The molecule has 0 N–H and O–H groups in total. The molecule has 0 unspecified atom stereocenters. The third-order valence-electron chi connectivity index (χ3n) is 9.87. The molecule has 4 heterocycles. The molecule has 4 heteroatoms. The van der Waals surface area contributed by atoms with Gasteiger partial charge < -0.3 is 0 Å². The zero-order valence-electron chi connectivity index (χ0n) is 28.1. The topological polar surface area (TPSA) is 51.6 Å². The summed E-state index contributed by atoms with van der Waals surface area (Å²) in [5.41, 5.74) is 14.0. The van der Waals surface area contributed by atoms with Crippen LogP contribution in [-0.4, -0.2) is 19.9 Å². The second-order valence-corrected chi connectivity index (χ2v) is 13.1. The Morgan fingerprint density at radius 2 is 0.423 bits per heavy atom. The number of aromatic nitrogens is 4. The summed E-state index contributed by atoms with van der Waals surface area (Å²) in [6.45, 7) is 0. The average Bonchev–Trinajstić information content (AvgIpc) is 3.23. The standard InChI is InChI=1S/C48H30N4/c1-3-7-33(8-4-1)41-27-23-37-19-21-39-25-29-43(51-47(39)45(37)49-41)35-15-11-31(12-16-35)32-13-17-36(18-14-32)44-30-26-40-22-20-38-24-28-42(34-9-5-2-6-10-34)50-46(38)48(40)52-44/h1-30H. The molecule has 52 heavy (non-hydrogen) atoms. The van der Waals surface area contributed by atoms with Gasteiger partial charge >= 0.3 is 0 Å². The largest absolute Gasteiger partial charge is 0.245 e. The summed E-state index contributed by atoms with van der Waals surface area (Å²) >= 11 is 0. The van der Waals surface area contributed by atoms with E-state index < -0.39 is 0 Å². The first kappa shape index (κ1) is 29.8. The van der Waals surface area contributed by atoms with Crippen LogP contribution in [0.5, 0.6) is 0 Å². The first-order valence-corrected chi connectivity index (χ1v) is 17.5. The van der Waals surface area contributed by atoms with Crippen LogP contribution in [-0.2, 0) is 0 Å². The number of hydrogen-bond donors (Lipinski definition) is 0. The minimum Gasteiger partial charge on any atom is -0.245 e. The Balaban J connectivity index is 0.948. The van der Waals surface area contributed by atoms with Crippen LogP contribution in [0.25, 0.3) is 99.8 Å². The molecule has 0 amide bonds. The smallest absolute Gasteiger partial charge is 0.0972 e. The van der Waals surface area contributed by atoms with E-state index in [-0.39, 0.29) is 0 Å². The molecule has 6 aromatic carbocycles. The molecule has 4 aromatic heterocycles. The van der Waals surface area contributed by atoms with Gasteiger partial charge in [0, 0.05) is 43.8 Å². The second kappa shape index (κ2) is 12.4. The van der Waals surface area contributed by atoms with Gasteiger partial charge in [0.05, 0.1) is 44.8 Å². The second-order valence-electron chi connectivity index (χ2n) is 13.1. The number of hydrogen-bond acceptors (Lipinski definition) is 4. The van der Waals surface area contributed by atoms with Gasteiger partial charge in [0.15, 0.2) is 0 Å². The van der Waals surface area contributed by atoms with Crippen molar-refractivity contribution in [3.63, 3.8) is 0 Å². The highest BCUT2D eigenvalue weighted by Gasteiger charge is 2.11. The summed E-state index contributed by atoms with van der Waals surface area (Å²) in [6, 6.07) is 63.3. The molecule has 10 rings (SSSR count). The molecule has 10 aromatic rings. The van der Waals surface area contributed by atoms with Gasteiger partial charge in [0.25, 0.3) is 0 Å². The molecule has 0 bridgehead atoms. The minimum atomic E-state index is 0.912. The van der Waals surface area contributed by atoms with Crippen LogP contribution in [0.3, 0.4) is 0 Å². The third kappa shape index (κ3) is 5.34. The van der Waals surface area contributed by atoms with Gasteiger partial charge in [-0.2, -0.15) is 0 Å². The average molecular weight is 663 g/mol. The lowest BCUT2D eigenvalue weighted by Gasteiger charge is -2.10. The van der Waals surface area contributed by atoms with Crippen molar-refractivity contribution in [3.8, 4) is 56.2 Å². The molecule has 0 radical (unpaired) electrons. The molecular formula is C48H30N4. The molecule has 0 atom stereocenters. The van der Waals surface area contributed by atoms with E-state index in [4.69, 9.17) is 19.9 Å². The zero-order chi connectivity index (χ0) is 34.4. The van der Waals surface area contributed by atoms with E-state index >= 15 is 0 Å². The fourth-order valence-corrected chi connectivity index (χ4v) is 7.06. The van der Waals surface area contributed by atoms with Gasteiger partial charge in [-0.25, -0.2) is 19.9 Å². The lowest BCUT2D eigenvalue weighted by Crippen LogP contribution is -1.91. The number of pyridine rings is 4. The summed E-state index contributed by atoms with van der Waals surface area (Å²) in [5, 5.41) is 4.31. The molecule has 0 spiro atoms. The summed E-state index contributed by atoms with van der Waals surface area (Å²) in [6.07, 6.45) is 0. The highest BCUT2D eigenvalue weighted by Crippen LogP contribution is 2.32. The molecule has 4 nitrogen and oxygen atoms in total. The van der Waals surface area contributed by atoms with Crippen molar-refractivity contribution in [2.45, 2.75) is 0 Å². The third-order valence-corrected chi connectivity index (χ3v) is 9.87. The van der Waals surface area contributed by atoms with E-state index in [0.29, 0.717) is 0 Å². The van der Waals surface area contributed by atoms with E-state index in [0.717, 1.165) is 99.8 Å². The van der Waals surface area contributed by atoms with Crippen molar-refractivity contribution in [2.24, 2.45) is 0 Å². The fraction of sp³-hybridized carbons (Fsp3) is 0. The molecule has 0 saturated carbocycles. The van der Waals surface area contributed by atoms with Crippen LogP contribution >= 0.6 is 0 Å². The van der Waals surface area contributed by atoms with Gasteiger partial charge in [0.2, 0.25) is 0 Å². The number of rotatable bonds is 5. The molecule has 242 valence electrons. The Morgan fingerprint density at radius 1 is 0.192 bits per heavy atom. The van der Waals surface area contributed by atoms with E-state index in [1.54, 1.807) is 0 Å². The Bertz CT molecular complexity index is 2720. The highest BCUT2D eigenvalue weighted by atomic mass is 14.8. The number of nitrogens with zero attached hydrogens (tertiary/aromatic N) is 4. The Labute approximate surface area is 300 Å². The maximum atomic E-state index is 5.14. The quantitative estimate of drug-likeness (QED) is 0.172. The summed E-state index contributed by atoms with van der Waals surface area (Å²) in [4.78, 5) is 20.4. The van der Waals surface area contributed by atoms with Crippen molar-refractivity contribution in [3.05, 3.63) is 182 Å². The molecule has 0 aliphatic carbocycles. The van der Waals surface area contributed by atoms with Crippen LogP contribution in [0.4, 0.5) is 0 Å². The van der Waals surface area contributed by atoms with Crippen molar-refractivity contribution in [2.75, 3.05) is 0 Å². The predicted octanol–water partition coefficient (Wildman–Crippen LogP) is 12.2.